The first-order valence-electron chi connectivity index (χ1n) is 11.1. The van der Waals surface area contributed by atoms with E-state index in [1.165, 1.54) is 10.6 Å². The molecule has 176 valence electrons. The number of aromatic nitrogens is 1. The van der Waals surface area contributed by atoms with Gasteiger partial charge in [-0.1, -0.05) is 0 Å². The largest absolute Gasteiger partial charge is 0.459 e. The molecule has 5 rings (SSSR count). The highest BCUT2D eigenvalue weighted by molar-refractivity contribution is 7.93. The Morgan fingerprint density at radius 3 is 2.53 bits per heavy atom. The van der Waals surface area contributed by atoms with Gasteiger partial charge in [0, 0.05) is 31.2 Å². The molecule has 2 aliphatic heterocycles. The van der Waals surface area contributed by atoms with Crippen molar-refractivity contribution in [2.75, 3.05) is 39.9 Å². The number of nitrogens with zero attached hydrogens (tertiary/aromatic N) is 4. The molecule has 1 aromatic carbocycles. The molecule has 3 aromatic rings. The van der Waals surface area contributed by atoms with Crippen LogP contribution in [0.2, 0.25) is 0 Å². The van der Waals surface area contributed by atoms with Crippen molar-refractivity contribution in [2.24, 2.45) is 5.92 Å². The van der Waals surface area contributed by atoms with Gasteiger partial charge >= 0.3 is 0 Å². The van der Waals surface area contributed by atoms with Crippen LogP contribution in [-0.2, 0) is 14.8 Å². The van der Waals surface area contributed by atoms with E-state index in [-0.39, 0.29) is 29.2 Å². The van der Waals surface area contributed by atoms with Gasteiger partial charge < -0.3 is 19.1 Å². The maximum absolute atomic E-state index is 12.8. The topological polar surface area (TPSA) is 133 Å². The Labute approximate surface area is 196 Å². The number of hydrogen-bond acceptors (Lipinski definition) is 8. The van der Waals surface area contributed by atoms with E-state index in [9.17, 15) is 18.5 Å². The van der Waals surface area contributed by atoms with Gasteiger partial charge in [0.2, 0.25) is 27.5 Å². The van der Waals surface area contributed by atoms with Crippen LogP contribution in [0.15, 0.2) is 51.5 Å². The number of anilines is 3. The fourth-order valence-electron chi connectivity index (χ4n) is 4.33. The maximum atomic E-state index is 12.8. The standard InChI is InChI=1S/C23H23N5O5S/c24-15-19-23(33-22(26-19)20-3-1-13-32-20)27-11-8-16(9-12-27)21(29)25-17-4-6-18(7-5-17)28-10-2-14-34(28,30)31/h1,3-7,13,16H,2,8-12,14H2,(H,25,29). The number of carbonyl (C=O) groups excluding carboxylic acids is 1. The summed E-state index contributed by atoms with van der Waals surface area (Å²) in [6, 6.07) is 12.4. The zero-order chi connectivity index (χ0) is 23.7. The highest BCUT2D eigenvalue weighted by atomic mass is 32.2. The summed E-state index contributed by atoms with van der Waals surface area (Å²) in [5, 5.41) is 12.4. The van der Waals surface area contributed by atoms with Gasteiger partial charge in [0.1, 0.15) is 6.07 Å². The fourth-order valence-corrected chi connectivity index (χ4v) is 5.90. The highest BCUT2D eigenvalue weighted by Gasteiger charge is 2.30. The van der Waals surface area contributed by atoms with Crippen LogP contribution in [0.4, 0.5) is 17.3 Å². The number of rotatable bonds is 5. The van der Waals surface area contributed by atoms with E-state index in [1.807, 2.05) is 4.90 Å². The van der Waals surface area contributed by atoms with Crippen LogP contribution >= 0.6 is 0 Å². The number of oxazole rings is 1. The molecule has 34 heavy (non-hydrogen) atoms. The summed E-state index contributed by atoms with van der Waals surface area (Å²) in [5.74, 6) is 0.980. The van der Waals surface area contributed by atoms with Crippen molar-refractivity contribution in [1.82, 2.24) is 4.98 Å². The van der Waals surface area contributed by atoms with Gasteiger partial charge in [-0.2, -0.15) is 10.2 Å². The number of furan rings is 1. The fraction of sp³-hybridized carbons (Fsp3) is 0.348. The van der Waals surface area contributed by atoms with E-state index in [0.717, 1.165) is 0 Å². The molecule has 11 heteroatoms. The molecule has 0 bridgehead atoms. The summed E-state index contributed by atoms with van der Waals surface area (Å²) in [4.78, 5) is 18.9. The van der Waals surface area contributed by atoms with Gasteiger partial charge in [-0.05, 0) is 55.7 Å². The van der Waals surface area contributed by atoms with Crippen molar-refractivity contribution in [3.8, 4) is 17.7 Å². The SMILES string of the molecule is N#Cc1nc(-c2ccco2)oc1N1CCC(C(=O)Nc2ccc(N3CCCS3(=O)=O)cc2)CC1. The van der Waals surface area contributed by atoms with Gasteiger partial charge in [-0.25, -0.2) is 8.42 Å². The van der Waals surface area contributed by atoms with Crippen molar-refractivity contribution >= 4 is 33.2 Å². The molecule has 0 atom stereocenters. The molecule has 0 radical (unpaired) electrons. The van der Waals surface area contributed by atoms with Crippen molar-refractivity contribution in [2.45, 2.75) is 19.3 Å². The van der Waals surface area contributed by atoms with Crippen molar-refractivity contribution < 1.29 is 22.0 Å². The number of nitrogens with one attached hydrogen (secondary N) is 1. The molecule has 0 saturated carbocycles. The summed E-state index contributed by atoms with van der Waals surface area (Å²) >= 11 is 0. The normalized spacial score (nSPS) is 18.1. The zero-order valence-electron chi connectivity index (χ0n) is 18.3. The quantitative estimate of drug-likeness (QED) is 0.587. The lowest BCUT2D eigenvalue weighted by atomic mass is 9.96. The van der Waals surface area contributed by atoms with E-state index in [2.05, 4.69) is 16.4 Å². The molecule has 0 spiro atoms. The van der Waals surface area contributed by atoms with Crippen LogP contribution in [0.1, 0.15) is 25.0 Å². The predicted octanol–water partition coefficient (Wildman–Crippen LogP) is 3.20. The zero-order valence-corrected chi connectivity index (χ0v) is 19.1. The monoisotopic (exact) mass is 481 g/mol. The van der Waals surface area contributed by atoms with Gasteiger partial charge in [0.05, 0.1) is 17.7 Å². The van der Waals surface area contributed by atoms with Crippen LogP contribution in [0.25, 0.3) is 11.7 Å². The molecule has 10 nitrogen and oxygen atoms in total. The lowest BCUT2D eigenvalue weighted by Gasteiger charge is -2.31. The third-order valence-corrected chi connectivity index (χ3v) is 7.99. The Morgan fingerprint density at radius 2 is 1.91 bits per heavy atom. The molecule has 2 saturated heterocycles. The van der Waals surface area contributed by atoms with Crippen LogP contribution in [0.3, 0.4) is 0 Å². The van der Waals surface area contributed by atoms with Crippen LogP contribution < -0.4 is 14.5 Å². The molecule has 1 amide bonds. The second kappa shape index (κ2) is 8.87. The average Bonchev–Trinajstić information content (AvgIpc) is 3.59. The Kier molecular flexibility index (Phi) is 5.75. The Balaban J connectivity index is 1.19. The molecular formula is C23H23N5O5S. The van der Waals surface area contributed by atoms with Crippen molar-refractivity contribution in [3.63, 3.8) is 0 Å². The van der Waals surface area contributed by atoms with Gasteiger partial charge in [-0.15, -0.1) is 0 Å². The number of benzene rings is 1. The number of amides is 1. The maximum Gasteiger partial charge on any atom is 0.266 e. The molecular weight excluding hydrogens is 458 g/mol. The lowest BCUT2D eigenvalue weighted by molar-refractivity contribution is -0.120. The number of piperidine rings is 1. The van der Waals surface area contributed by atoms with E-state index >= 15 is 0 Å². The minimum absolute atomic E-state index is 0.0875. The number of sulfonamides is 1. The smallest absolute Gasteiger partial charge is 0.266 e. The molecule has 4 heterocycles. The Bertz CT molecular complexity index is 1320. The summed E-state index contributed by atoms with van der Waals surface area (Å²) in [7, 11) is -3.23. The van der Waals surface area contributed by atoms with Gasteiger partial charge in [0.25, 0.3) is 5.89 Å². The Morgan fingerprint density at radius 1 is 1.15 bits per heavy atom. The highest BCUT2D eigenvalue weighted by Crippen LogP contribution is 2.32. The van der Waals surface area contributed by atoms with E-state index < -0.39 is 10.0 Å². The Hall–Kier alpha value is -3.78. The van der Waals surface area contributed by atoms with Crippen LogP contribution in [0.5, 0.6) is 0 Å². The minimum Gasteiger partial charge on any atom is -0.459 e. The van der Waals surface area contributed by atoms with Gasteiger partial charge in [-0.3, -0.25) is 9.10 Å². The van der Waals surface area contributed by atoms with Crippen molar-refractivity contribution in [1.29, 1.82) is 5.26 Å². The molecule has 0 unspecified atom stereocenters. The van der Waals surface area contributed by atoms with Crippen LogP contribution in [0, 0.1) is 17.2 Å². The van der Waals surface area contributed by atoms with E-state index in [1.54, 1.807) is 36.4 Å². The summed E-state index contributed by atoms with van der Waals surface area (Å²) < 4.78 is 36.7. The second-order valence-corrected chi connectivity index (χ2v) is 10.3. The number of nitriles is 1. The summed E-state index contributed by atoms with van der Waals surface area (Å²) in [5.41, 5.74) is 1.42. The van der Waals surface area contributed by atoms with Crippen molar-refractivity contribution in [3.05, 3.63) is 48.4 Å². The summed E-state index contributed by atoms with van der Waals surface area (Å²) in [6.45, 7) is 1.57. The van der Waals surface area contributed by atoms with E-state index in [0.29, 0.717) is 61.9 Å². The molecule has 0 aliphatic carbocycles. The third-order valence-electron chi connectivity index (χ3n) is 6.12. The molecule has 2 fully saturated rings. The minimum atomic E-state index is -3.23. The molecule has 2 aromatic heterocycles. The first kappa shape index (κ1) is 22.0. The number of carbonyl (C=O) groups is 1. The molecule has 2 aliphatic rings. The average molecular weight is 482 g/mol. The van der Waals surface area contributed by atoms with E-state index in [4.69, 9.17) is 8.83 Å². The molecule has 1 N–H and O–H groups in total. The second-order valence-electron chi connectivity index (χ2n) is 8.30. The summed E-state index contributed by atoms with van der Waals surface area (Å²) in [6.07, 6.45) is 3.32. The van der Waals surface area contributed by atoms with Gasteiger partial charge in [0.15, 0.2) is 5.76 Å². The first-order valence-corrected chi connectivity index (χ1v) is 12.7. The predicted molar refractivity (Wildman–Crippen MR) is 125 cm³/mol. The third kappa shape index (κ3) is 4.24. The number of hydrogen-bond donors (Lipinski definition) is 1. The first-order chi connectivity index (χ1) is 16.4. The van der Waals surface area contributed by atoms with Crippen LogP contribution in [-0.4, -0.2) is 44.7 Å². The lowest BCUT2D eigenvalue weighted by Crippen LogP contribution is -2.38.